The fraction of sp³-hybridized carbons (Fsp3) is 0.267. The maximum absolute atomic E-state index is 12.4. The Balaban J connectivity index is 2.11. The first-order valence-corrected chi connectivity index (χ1v) is 7.78. The number of hydrogen-bond acceptors (Lipinski definition) is 5. The Kier molecular flexibility index (Phi) is 6.22. The molecule has 0 aliphatic rings. The van der Waals surface area contributed by atoms with E-state index >= 15 is 0 Å². The Morgan fingerprint density at radius 2 is 2.08 bits per heavy atom. The van der Waals surface area contributed by atoms with Gasteiger partial charge in [0.25, 0.3) is 11.9 Å². The molecule has 138 valence electrons. The van der Waals surface area contributed by atoms with E-state index in [0.717, 1.165) is 10.9 Å². The molecule has 11 nitrogen and oxygen atoms in total. The van der Waals surface area contributed by atoms with Crippen LogP contribution in [0.2, 0.25) is 0 Å². The second kappa shape index (κ2) is 8.58. The number of carbonyl (C=O) groups is 2. The molecule has 0 saturated heterocycles. The number of guanidine groups is 1. The molecule has 0 unspecified atom stereocenters. The summed E-state index contributed by atoms with van der Waals surface area (Å²) < 4.78 is 0. The molecule has 2 rings (SSSR count). The molecule has 1 aromatic carbocycles. The van der Waals surface area contributed by atoms with Gasteiger partial charge in [0.1, 0.15) is 16.8 Å². The van der Waals surface area contributed by atoms with Crippen LogP contribution in [0.4, 0.5) is 0 Å². The van der Waals surface area contributed by atoms with Crippen molar-refractivity contribution >= 4 is 28.7 Å². The largest absolute Gasteiger partial charge is 0.364 e. The van der Waals surface area contributed by atoms with Crippen LogP contribution in [0.5, 0.6) is 0 Å². The van der Waals surface area contributed by atoms with Crippen molar-refractivity contribution in [3.63, 3.8) is 0 Å². The fourth-order valence-electron chi connectivity index (χ4n) is 2.35. The zero-order valence-corrected chi connectivity index (χ0v) is 13.8. The van der Waals surface area contributed by atoms with Crippen LogP contribution in [0, 0.1) is 10.1 Å². The predicted molar refractivity (Wildman–Crippen MR) is 94.6 cm³/mol. The van der Waals surface area contributed by atoms with Crippen molar-refractivity contribution in [2.75, 3.05) is 6.54 Å². The monoisotopic (exact) mass is 361 g/mol. The summed E-state index contributed by atoms with van der Waals surface area (Å²) in [5.41, 5.74) is 11.8. The van der Waals surface area contributed by atoms with E-state index in [1.165, 1.54) is 0 Å². The predicted octanol–water partition coefficient (Wildman–Crippen LogP) is -0.372. The number of nitrogens with two attached hydrogens (primary N) is 2. The molecule has 7 N–H and O–H groups in total. The molecule has 1 aromatic heterocycles. The molecule has 2 amide bonds. The average Bonchev–Trinajstić information content (AvgIpc) is 3.01. The van der Waals surface area contributed by atoms with Crippen molar-refractivity contribution in [1.29, 1.82) is 0 Å². The Labute approximate surface area is 147 Å². The topological polar surface area (TPSA) is 182 Å². The molecule has 0 aliphatic heterocycles. The Morgan fingerprint density at radius 3 is 2.73 bits per heavy atom. The van der Waals surface area contributed by atoms with Gasteiger partial charge in [-0.2, -0.15) is 0 Å². The van der Waals surface area contributed by atoms with Crippen LogP contribution in [0.25, 0.3) is 10.9 Å². The highest BCUT2D eigenvalue weighted by Gasteiger charge is 2.23. The lowest BCUT2D eigenvalue weighted by Crippen LogP contribution is -2.50. The van der Waals surface area contributed by atoms with Crippen molar-refractivity contribution in [1.82, 2.24) is 15.6 Å². The van der Waals surface area contributed by atoms with Gasteiger partial charge < -0.3 is 21.8 Å². The number of aromatic amines is 1. The van der Waals surface area contributed by atoms with Crippen LogP contribution in [0.3, 0.4) is 0 Å². The standard InChI is InChI=1S/C15H19N7O4/c16-7-3-6-11(13(23)20-15(17)21-22(25)26)19-14(24)12-8-9-4-1-2-5-10(9)18-12/h1-2,4-5,8,11,18H,3,6-7,16H2,(H,19,24)(H3,17,20,21,23)/t11-/m0/s1. The van der Waals surface area contributed by atoms with Gasteiger partial charge in [-0.15, -0.1) is 0 Å². The molecule has 2 aromatic rings. The number of amides is 2. The van der Waals surface area contributed by atoms with Crippen molar-refractivity contribution < 1.29 is 14.6 Å². The maximum atomic E-state index is 12.4. The second-order valence-electron chi connectivity index (χ2n) is 5.44. The first-order chi connectivity index (χ1) is 12.4. The molecule has 0 aliphatic carbocycles. The molecule has 0 spiro atoms. The molecule has 0 radical (unpaired) electrons. The number of hydrazone groups is 1. The van der Waals surface area contributed by atoms with Crippen molar-refractivity contribution in [3.05, 3.63) is 46.1 Å². The summed E-state index contributed by atoms with van der Waals surface area (Å²) in [4.78, 5) is 37.9. The van der Waals surface area contributed by atoms with Crippen LogP contribution >= 0.6 is 0 Å². The number of nitrogens with zero attached hydrogens (tertiary/aromatic N) is 2. The summed E-state index contributed by atoms with van der Waals surface area (Å²) in [6.45, 7) is 0.310. The smallest absolute Gasteiger partial charge is 0.272 e. The van der Waals surface area contributed by atoms with Gasteiger partial charge in [-0.3, -0.25) is 14.9 Å². The van der Waals surface area contributed by atoms with Gasteiger partial charge in [0, 0.05) is 10.9 Å². The van der Waals surface area contributed by atoms with Crippen LogP contribution in [0.15, 0.2) is 35.4 Å². The summed E-state index contributed by atoms with van der Waals surface area (Å²) in [5, 5.41) is 17.5. The lowest BCUT2D eigenvalue weighted by molar-refractivity contribution is -0.485. The number of fused-ring (bicyclic) bond motifs is 1. The Morgan fingerprint density at radius 1 is 1.35 bits per heavy atom. The fourth-order valence-corrected chi connectivity index (χ4v) is 2.35. The van der Waals surface area contributed by atoms with E-state index in [1.54, 1.807) is 6.07 Å². The lowest BCUT2D eigenvalue weighted by atomic mass is 10.1. The molecule has 1 heterocycles. The molecule has 11 heteroatoms. The second-order valence-corrected chi connectivity index (χ2v) is 5.44. The number of carbonyl (C=O) groups excluding carboxylic acids is 2. The molecule has 26 heavy (non-hydrogen) atoms. The molecule has 0 saturated carbocycles. The van der Waals surface area contributed by atoms with Crippen molar-refractivity contribution in [3.8, 4) is 0 Å². The third-order valence-electron chi connectivity index (χ3n) is 3.53. The van der Waals surface area contributed by atoms with Crippen LogP contribution < -0.4 is 22.1 Å². The van der Waals surface area contributed by atoms with Gasteiger partial charge in [0.05, 0.1) is 0 Å². The van der Waals surface area contributed by atoms with Gasteiger partial charge in [0.15, 0.2) is 5.03 Å². The van der Waals surface area contributed by atoms with Crippen LogP contribution in [-0.2, 0) is 4.79 Å². The van der Waals surface area contributed by atoms with E-state index in [4.69, 9.17) is 11.5 Å². The summed E-state index contributed by atoms with van der Waals surface area (Å²) in [6.07, 6.45) is 0.692. The number of aromatic nitrogens is 1. The van der Waals surface area contributed by atoms with E-state index in [-0.39, 0.29) is 12.1 Å². The van der Waals surface area contributed by atoms with Crippen LogP contribution in [0.1, 0.15) is 23.3 Å². The maximum Gasteiger partial charge on any atom is 0.272 e. The van der Waals surface area contributed by atoms with Gasteiger partial charge in [-0.25, -0.2) is 10.1 Å². The summed E-state index contributed by atoms with van der Waals surface area (Å²) in [7, 11) is 0. The van der Waals surface area contributed by atoms with E-state index < -0.39 is 28.8 Å². The molecule has 0 bridgehead atoms. The highest BCUT2D eigenvalue weighted by molar-refractivity contribution is 6.03. The van der Waals surface area contributed by atoms with E-state index in [9.17, 15) is 19.7 Å². The number of H-pyrrole nitrogens is 1. The molecule has 0 fully saturated rings. The van der Waals surface area contributed by atoms with Gasteiger partial charge in [0.2, 0.25) is 5.91 Å². The van der Waals surface area contributed by atoms with E-state index in [1.807, 2.05) is 24.3 Å². The van der Waals surface area contributed by atoms with Crippen LogP contribution in [-0.4, -0.2) is 40.4 Å². The third-order valence-corrected chi connectivity index (χ3v) is 3.53. The Hall–Kier alpha value is -3.47. The number of para-hydroxylation sites is 1. The number of benzene rings is 1. The van der Waals surface area contributed by atoms with Gasteiger partial charge >= 0.3 is 0 Å². The average molecular weight is 361 g/mol. The minimum Gasteiger partial charge on any atom is -0.364 e. The lowest BCUT2D eigenvalue weighted by Gasteiger charge is -2.17. The quantitative estimate of drug-likeness (QED) is 0.194. The number of hydrogen-bond donors (Lipinski definition) is 5. The summed E-state index contributed by atoms with van der Waals surface area (Å²) in [5.74, 6) is -1.88. The number of rotatable bonds is 7. The number of nitrogens with one attached hydrogen (secondary N) is 3. The molecular formula is C15H19N7O4. The van der Waals surface area contributed by atoms with Gasteiger partial charge in [-0.05, 0) is 31.5 Å². The highest BCUT2D eigenvalue weighted by atomic mass is 16.7. The third kappa shape index (κ3) is 5.01. The van der Waals surface area contributed by atoms with Crippen molar-refractivity contribution in [2.45, 2.75) is 18.9 Å². The first-order valence-electron chi connectivity index (χ1n) is 7.78. The van der Waals surface area contributed by atoms with Crippen molar-refractivity contribution in [2.24, 2.45) is 16.6 Å². The Bertz CT molecular complexity index is 812. The highest BCUT2D eigenvalue weighted by Crippen LogP contribution is 2.14. The van der Waals surface area contributed by atoms with Gasteiger partial charge in [-0.1, -0.05) is 18.2 Å². The zero-order chi connectivity index (χ0) is 19.1. The van der Waals surface area contributed by atoms with E-state index in [0.29, 0.717) is 13.0 Å². The molecule has 1 atom stereocenters. The molecular weight excluding hydrogens is 342 g/mol. The summed E-state index contributed by atoms with van der Waals surface area (Å²) in [6, 6.07) is 8.01. The number of nitro groups is 1. The zero-order valence-electron chi connectivity index (χ0n) is 13.8. The minimum absolute atomic E-state index is 0.236. The first kappa shape index (κ1) is 18.9. The minimum atomic E-state index is -1.03. The SMILES string of the molecule is NCCC[C@H](NC(=O)c1cc2ccccc2[nH]1)C(=O)NC(N)=N[N+](=O)[O-]. The summed E-state index contributed by atoms with van der Waals surface area (Å²) >= 11 is 0. The van der Waals surface area contributed by atoms with E-state index in [2.05, 4.69) is 20.7 Å². The normalized spacial score (nSPS) is 12.6.